The van der Waals surface area contributed by atoms with E-state index in [1.54, 1.807) is 18.2 Å². The summed E-state index contributed by atoms with van der Waals surface area (Å²) in [5.41, 5.74) is 1.80. The SMILES string of the molecule is C=CCc1ccccc1OCC(O)CNc1cccc(O)c1. The molecule has 0 bridgehead atoms. The largest absolute Gasteiger partial charge is 0.508 e. The molecule has 1 atom stereocenters. The van der Waals surface area contributed by atoms with Gasteiger partial charge in [-0.2, -0.15) is 0 Å². The Balaban J connectivity index is 1.83. The van der Waals surface area contributed by atoms with E-state index < -0.39 is 6.10 Å². The Hall–Kier alpha value is -2.46. The van der Waals surface area contributed by atoms with Crippen LogP contribution in [-0.4, -0.2) is 29.5 Å². The van der Waals surface area contributed by atoms with Gasteiger partial charge in [-0.15, -0.1) is 6.58 Å². The third kappa shape index (κ3) is 4.82. The lowest BCUT2D eigenvalue weighted by atomic mass is 10.1. The van der Waals surface area contributed by atoms with E-state index in [9.17, 15) is 10.2 Å². The lowest BCUT2D eigenvalue weighted by molar-refractivity contribution is 0.117. The first-order valence-electron chi connectivity index (χ1n) is 7.21. The summed E-state index contributed by atoms with van der Waals surface area (Å²) in [4.78, 5) is 0. The highest BCUT2D eigenvalue weighted by molar-refractivity contribution is 5.47. The summed E-state index contributed by atoms with van der Waals surface area (Å²) >= 11 is 0. The smallest absolute Gasteiger partial charge is 0.122 e. The molecule has 2 aromatic carbocycles. The number of para-hydroxylation sites is 1. The Morgan fingerprint density at radius 2 is 2.00 bits per heavy atom. The quantitative estimate of drug-likeness (QED) is 0.656. The van der Waals surface area contributed by atoms with Gasteiger partial charge in [-0.05, 0) is 30.2 Å². The number of anilines is 1. The average Bonchev–Trinajstić information content (AvgIpc) is 2.52. The van der Waals surface area contributed by atoms with Gasteiger partial charge < -0.3 is 20.3 Å². The minimum Gasteiger partial charge on any atom is -0.508 e. The molecule has 0 aliphatic rings. The highest BCUT2D eigenvalue weighted by atomic mass is 16.5. The van der Waals surface area contributed by atoms with Crippen molar-refractivity contribution in [3.8, 4) is 11.5 Å². The summed E-state index contributed by atoms with van der Waals surface area (Å²) in [7, 11) is 0. The maximum atomic E-state index is 9.99. The number of hydrogen-bond acceptors (Lipinski definition) is 4. The molecule has 0 saturated heterocycles. The van der Waals surface area contributed by atoms with Crippen molar-refractivity contribution >= 4 is 5.69 Å². The van der Waals surface area contributed by atoms with Crippen molar-refractivity contribution in [3.05, 3.63) is 66.7 Å². The Labute approximate surface area is 130 Å². The predicted octanol–water partition coefficient (Wildman–Crippen LogP) is 2.97. The number of benzene rings is 2. The molecule has 1 unspecified atom stereocenters. The fourth-order valence-corrected chi connectivity index (χ4v) is 2.07. The standard InChI is InChI=1S/C18H21NO3/c1-2-6-14-7-3-4-10-18(14)22-13-17(21)12-19-15-8-5-9-16(20)11-15/h2-5,7-11,17,19-21H,1,6,12-13H2. The molecule has 0 amide bonds. The number of aromatic hydroxyl groups is 1. The van der Waals surface area contributed by atoms with Gasteiger partial charge in [-0.3, -0.25) is 0 Å². The number of ether oxygens (including phenoxy) is 1. The molecule has 2 rings (SSSR count). The molecular formula is C18H21NO3. The van der Waals surface area contributed by atoms with Crippen LogP contribution in [0.15, 0.2) is 61.2 Å². The van der Waals surface area contributed by atoms with Crippen LogP contribution < -0.4 is 10.1 Å². The minimum atomic E-state index is -0.654. The summed E-state index contributed by atoms with van der Waals surface area (Å²) < 4.78 is 5.68. The number of aliphatic hydroxyl groups excluding tert-OH is 1. The van der Waals surface area contributed by atoms with Crippen LogP contribution in [0.4, 0.5) is 5.69 Å². The van der Waals surface area contributed by atoms with Gasteiger partial charge in [0.25, 0.3) is 0 Å². The lowest BCUT2D eigenvalue weighted by Gasteiger charge is -2.15. The zero-order valence-corrected chi connectivity index (χ0v) is 12.4. The van der Waals surface area contributed by atoms with Gasteiger partial charge in [-0.25, -0.2) is 0 Å². The monoisotopic (exact) mass is 299 g/mol. The van der Waals surface area contributed by atoms with E-state index in [1.807, 2.05) is 36.4 Å². The molecule has 3 N–H and O–H groups in total. The summed E-state index contributed by atoms with van der Waals surface area (Å²) in [6.45, 7) is 4.26. The van der Waals surface area contributed by atoms with Crippen molar-refractivity contribution < 1.29 is 14.9 Å². The van der Waals surface area contributed by atoms with Crippen LogP contribution in [0.3, 0.4) is 0 Å². The molecule has 0 aromatic heterocycles. The van der Waals surface area contributed by atoms with Gasteiger partial charge in [0, 0.05) is 18.3 Å². The Kier molecular flexibility index (Phi) is 5.86. The van der Waals surface area contributed by atoms with E-state index in [-0.39, 0.29) is 12.4 Å². The van der Waals surface area contributed by atoms with Crippen LogP contribution >= 0.6 is 0 Å². The van der Waals surface area contributed by atoms with E-state index in [0.29, 0.717) is 6.54 Å². The highest BCUT2D eigenvalue weighted by Crippen LogP contribution is 2.19. The zero-order valence-electron chi connectivity index (χ0n) is 12.4. The van der Waals surface area contributed by atoms with Crippen LogP contribution in [-0.2, 0) is 6.42 Å². The lowest BCUT2D eigenvalue weighted by Crippen LogP contribution is -2.26. The topological polar surface area (TPSA) is 61.7 Å². The van der Waals surface area contributed by atoms with Gasteiger partial charge in [0.15, 0.2) is 0 Å². The van der Waals surface area contributed by atoms with E-state index in [1.165, 1.54) is 0 Å². The van der Waals surface area contributed by atoms with Crippen molar-refractivity contribution in [2.24, 2.45) is 0 Å². The van der Waals surface area contributed by atoms with Crippen LogP contribution in [0, 0.1) is 0 Å². The van der Waals surface area contributed by atoms with E-state index >= 15 is 0 Å². The summed E-state index contributed by atoms with van der Waals surface area (Å²) in [5, 5.41) is 22.4. The average molecular weight is 299 g/mol. The fraction of sp³-hybridized carbons (Fsp3) is 0.222. The molecule has 0 heterocycles. The first-order chi connectivity index (χ1) is 10.7. The van der Waals surface area contributed by atoms with Gasteiger partial charge in [0.05, 0.1) is 0 Å². The van der Waals surface area contributed by atoms with E-state index in [4.69, 9.17) is 4.74 Å². The molecule has 0 radical (unpaired) electrons. The highest BCUT2D eigenvalue weighted by Gasteiger charge is 2.07. The van der Waals surface area contributed by atoms with Crippen LogP contribution in [0.5, 0.6) is 11.5 Å². The molecular weight excluding hydrogens is 278 g/mol. The molecule has 0 spiro atoms. The molecule has 0 saturated carbocycles. The molecule has 4 heteroatoms. The molecule has 116 valence electrons. The first-order valence-corrected chi connectivity index (χ1v) is 7.21. The molecule has 0 aliphatic carbocycles. The fourth-order valence-electron chi connectivity index (χ4n) is 2.07. The van der Waals surface area contributed by atoms with Gasteiger partial charge in [0.2, 0.25) is 0 Å². The second kappa shape index (κ2) is 8.10. The second-order valence-electron chi connectivity index (χ2n) is 5.00. The normalized spacial score (nSPS) is 11.7. The van der Waals surface area contributed by atoms with E-state index in [0.717, 1.165) is 23.4 Å². The molecule has 2 aromatic rings. The number of hydrogen-bond donors (Lipinski definition) is 3. The summed E-state index contributed by atoms with van der Waals surface area (Å²) in [6, 6.07) is 14.5. The molecule has 0 fully saturated rings. The minimum absolute atomic E-state index is 0.189. The third-order valence-corrected chi connectivity index (χ3v) is 3.16. The van der Waals surface area contributed by atoms with Crippen LogP contribution in [0.1, 0.15) is 5.56 Å². The van der Waals surface area contributed by atoms with Crippen molar-refractivity contribution in [2.75, 3.05) is 18.5 Å². The maximum absolute atomic E-state index is 9.99. The van der Waals surface area contributed by atoms with Crippen molar-refractivity contribution in [1.82, 2.24) is 0 Å². The van der Waals surface area contributed by atoms with Gasteiger partial charge >= 0.3 is 0 Å². The number of phenols is 1. The van der Waals surface area contributed by atoms with Crippen molar-refractivity contribution in [3.63, 3.8) is 0 Å². The summed E-state index contributed by atoms with van der Waals surface area (Å²) in [5.74, 6) is 0.952. The number of rotatable bonds is 8. The number of allylic oxidation sites excluding steroid dienone is 1. The molecule has 0 aliphatic heterocycles. The first kappa shape index (κ1) is 15.9. The maximum Gasteiger partial charge on any atom is 0.122 e. The van der Waals surface area contributed by atoms with Gasteiger partial charge in [0.1, 0.15) is 24.2 Å². The molecule has 4 nitrogen and oxygen atoms in total. The van der Waals surface area contributed by atoms with Crippen LogP contribution in [0.2, 0.25) is 0 Å². The zero-order chi connectivity index (χ0) is 15.8. The predicted molar refractivity (Wildman–Crippen MR) is 88.4 cm³/mol. The van der Waals surface area contributed by atoms with Crippen LogP contribution in [0.25, 0.3) is 0 Å². The third-order valence-electron chi connectivity index (χ3n) is 3.16. The van der Waals surface area contributed by atoms with E-state index in [2.05, 4.69) is 11.9 Å². The number of aliphatic hydroxyl groups is 1. The number of phenolic OH excluding ortho intramolecular Hbond substituents is 1. The Morgan fingerprint density at radius 1 is 1.18 bits per heavy atom. The van der Waals surface area contributed by atoms with Gasteiger partial charge in [-0.1, -0.05) is 30.3 Å². The van der Waals surface area contributed by atoms with Crippen molar-refractivity contribution in [2.45, 2.75) is 12.5 Å². The Morgan fingerprint density at radius 3 is 2.77 bits per heavy atom. The summed E-state index contributed by atoms with van der Waals surface area (Å²) in [6.07, 6.45) is 1.90. The Bertz CT molecular complexity index is 613. The molecule has 22 heavy (non-hydrogen) atoms. The number of nitrogens with one attached hydrogen (secondary N) is 1. The van der Waals surface area contributed by atoms with Crippen molar-refractivity contribution in [1.29, 1.82) is 0 Å². The second-order valence-corrected chi connectivity index (χ2v) is 5.00.